The first-order valence-electron chi connectivity index (χ1n) is 8.49. The van der Waals surface area contributed by atoms with Crippen molar-refractivity contribution in [3.63, 3.8) is 0 Å². The molecule has 1 saturated heterocycles. The monoisotopic (exact) mass is 338 g/mol. The molecule has 1 aliphatic rings. The van der Waals surface area contributed by atoms with E-state index in [1.807, 2.05) is 25.1 Å². The minimum absolute atomic E-state index is 0.848. The van der Waals surface area contributed by atoms with Crippen LogP contribution in [0.5, 0.6) is 0 Å². The van der Waals surface area contributed by atoms with Crippen LogP contribution < -0.4 is 9.80 Å². The van der Waals surface area contributed by atoms with Crippen molar-refractivity contribution in [2.75, 3.05) is 50.1 Å². The lowest BCUT2D eigenvalue weighted by molar-refractivity contribution is 0.242. The van der Waals surface area contributed by atoms with Gasteiger partial charge in [0.1, 0.15) is 18.4 Å². The molecule has 0 spiro atoms. The Morgan fingerprint density at radius 1 is 1.08 bits per heavy atom. The minimum Gasteiger partial charge on any atom is -0.369 e. The lowest BCUT2D eigenvalue weighted by atomic mass is 10.1. The molecule has 130 valence electrons. The van der Waals surface area contributed by atoms with Crippen molar-refractivity contribution in [1.82, 2.24) is 20.0 Å². The first kappa shape index (κ1) is 15.8. The van der Waals surface area contributed by atoms with Crippen LogP contribution in [0.25, 0.3) is 10.9 Å². The van der Waals surface area contributed by atoms with Gasteiger partial charge in [-0.05, 0) is 18.2 Å². The summed E-state index contributed by atoms with van der Waals surface area (Å²) < 4.78 is 4.91. The molecular weight excluding hydrogens is 316 g/mol. The zero-order valence-electron chi connectivity index (χ0n) is 14.6. The Morgan fingerprint density at radius 2 is 1.92 bits per heavy atom. The molecule has 3 heterocycles. The maximum Gasteiger partial charge on any atom is 0.139 e. The van der Waals surface area contributed by atoms with Gasteiger partial charge in [0.2, 0.25) is 0 Å². The molecule has 0 aliphatic carbocycles. The number of hydrogen-bond acceptors (Lipinski definition) is 7. The lowest BCUT2D eigenvalue weighted by Crippen LogP contribution is -2.46. The Bertz CT molecular complexity index is 840. The standard InChI is InChI=1S/C18H22N6O/c1-22(2)18-16-11-15(3-4-17(16)19-13-20-18)24-8-6-23(7-9-24)12-14-5-10-25-21-14/h3-5,10-11,13H,6-9,12H2,1-2H3. The zero-order valence-corrected chi connectivity index (χ0v) is 14.6. The molecule has 4 rings (SSSR count). The molecule has 0 saturated carbocycles. The molecule has 7 heteroatoms. The summed E-state index contributed by atoms with van der Waals surface area (Å²) in [4.78, 5) is 15.7. The Hall–Kier alpha value is -2.67. The number of aromatic nitrogens is 3. The number of rotatable bonds is 4. The van der Waals surface area contributed by atoms with Crippen molar-refractivity contribution < 1.29 is 4.52 Å². The molecule has 0 bridgehead atoms. The number of benzene rings is 1. The Balaban J connectivity index is 1.50. The summed E-state index contributed by atoms with van der Waals surface area (Å²) in [6, 6.07) is 8.37. The average molecular weight is 338 g/mol. The Kier molecular flexibility index (Phi) is 4.23. The second-order valence-corrected chi connectivity index (χ2v) is 6.55. The van der Waals surface area contributed by atoms with E-state index in [2.05, 4.69) is 43.1 Å². The fourth-order valence-electron chi connectivity index (χ4n) is 3.30. The van der Waals surface area contributed by atoms with Crippen LogP contribution >= 0.6 is 0 Å². The lowest BCUT2D eigenvalue weighted by Gasteiger charge is -2.35. The van der Waals surface area contributed by atoms with E-state index in [9.17, 15) is 0 Å². The van der Waals surface area contributed by atoms with Crippen molar-refractivity contribution in [1.29, 1.82) is 0 Å². The van der Waals surface area contributed by atoms with Crippen LogP contribution in [-0.4, -0.2) is 60.3 Å². The van der Waals surface area contributed by atoms with Crippen LogP contribution in [0.4, 0.5) is 11.5 Å². The molecule has 3 aromatic rings. The average Bonchev–Trinajstić information content (AvgIpc) is 3.14. The van der Waals surface area contributed by atoms with Crippen LogP contribution in [0.1, 0.15) is 5.69 Å². The van der Waals surface area contributed by atoms with Gasteiger partial charge in [0.05, 0.1) is 11.2 Å². The van der Waals surface area contributed by atoms with Gasteiger partial charge in [0.15, 0.2) is 0 Å². The van der Waals surface area contributed by atoms with Gasteiger partial charge < -0.3 is 14.3 Å². The van der Waals surface area contributed by atoms with E-state index in [1.165, 1.54) is 5.69 Å². The van der Waals surface area contributed by atoms with Crippen LogP contribution in [0.3, 0.4) is 0 Å². The topological polar surface area (TPSA) is 61.5 Å². The zero-order chi connectivity index (χ0) is 17.2. The van der Waals surface area contributed by atoms with Crippen molar-refractivity contribution in [3.05, 3.63) is 42.5 Å². The summed E-state index contributed by atoms with van der Waals surface area (Å²) in [5, 5.41) is 5.09. The molecule has 0 radical (unpaired) electrons. The summed E-state index contributed by atoms with van der Waals surface area (Å²) in [6.07, 6.45) is 3.26. The third-order valence-electron chi connectivity index (χ3n) is 4.64. The van der Waals surface area contributed by atoms with Crippen LogP contribution in [0, 0.1) is 0 Å². The molecule has 1 aromatic carbocycles. The van der Waals surface area contributed by atoms with E-state index in [1.54, 1.807) is 12.6 Å². The normalized spacial score (nSPS) is 15.7. The molecule has 1 fully saturated rings. The highest BCUT2D eigenvalue weighted by Gasteiger charge is 2.19. The third kappa shape index (κ3) is 3.28. The highest BCUT2D eigenvalue weighted by Crippen LogP contribution is 2.27. The van der Waals surface area contributed by atoms with E-state index in [-0.39, 0.29) is 0 Å². The van der Waals surface area contributed by atoms with Crippen LogP contribution in [0.15, 0.2) is 41.4 Å². The van der Waals surface area contributed by atoms with E-state index >= 15 is 0 Å². The molecule has 0 N–H and O–H groups in total. The third-order valence-corrected chi connectivity index (χ3v) is 4.64. The SMILES string of the molecule is CN(C)c1ncnc2ccc(N3CCN(Cc4ccon4)CC3)cc12. The van der Waals surface area contributed by atoms with Gasteiger partial charge >= 0.3 is 0 Å². The predicted molar refractivity (Wildman–Crippen MR) is 97.9 cm³/mol. The number of fused-ring (bicyclic) bond motifs is 1. The highest BCUT2D eigenvalue weighted by atomic mass is 16.5. The van der Waals surface area contributed by atoms with Gasteiger partial charge in [-0.25, -0.2) is 9.97 Å². The largest absolute Gasteiger partial charge is 0.369 e. The summed E-state index contributed by atoms with van der Waals surface area (Å²) >= 11 is 0. The smallest absolute Gasteiger partial charge is 0.139 e. The van der Waals surface area contributed by atoms with Gasteiger partial charge in [0.25, 0.3) is 0 Å². The predicted octanol–water partition coefficient (Wildman–Crippen LogP) is 2.01. The number of piperazine rings is 1. The fourth-order valence-corrected chi connectivity index (χ4v) is 3.30. The highest BCUT2D eigenvalue weighted by molar-refractivity contribution is 5.91. The van der Waals surface area contributed by atoms with E-state index in [0.717, 1.165) is 55.1 Å². The molecule has 0 amide bonds. The molecule has 0 unspecified atom stereocenters. The summed E-state index contributed by atoms with van der Waals surface area (Å²) in [5.41, 5.74) is 3.20. The van der Waals surface area contributed by atoms with Gasteiger partial charge in [-0.2, -0.15) is 0 Å². The van der Waals surface area contributed by atoms with Crippen LogP contribution in [0.2, 0.25) is 0 Å². The number of nitrogens with zero attached hydrogens (tertiary/aromatic N) is 6. The van der Waals surface area contributed by atoms with Crippen molar-refractivity contribution in [2.45, 2.75) is 6.54 Å². The summed E-state index contributed by atoms with van der Waals surface area (Å²) in [5.74, 6) is 0.955. The Morgan fingerprint density at radius 3 is 2.64 bits per heavy atom. The molecule has 7 nitrogen and oxygen atoms in total. The maximum atomic E-state index is 4.91. The number of anilines is 2. The number of hydrogen-bond donors (Lipinski definition) is 0. The van der Waals surface area contributed by atoms with Gasteiger partial charge in [-0.1, -0.05) is 5.16 Å². The van der Waals surface area contributed by atoms with Crippen molar-refractivity contribution in [2.24, 2.45) is 0 Å². The van der Waals surface area contributed by atoms with E-state index in [4.69, 9.17) is 4.52 Å². The molecule has 25 heavy (non-hydrogen) atoms. The van der Waals surface area contributed by atoms with Gasteiger partial charge in [-0.3, -0.25) is 4.90 Å². The van der Waals surface area contributed by atoms with Crippen LogP contribution in [-0.2, 0) is 6.54 Å². The molecule has 2 aromatic heterocycles. The van der Waals surface area contributed by atoms with E-state index < -0.39 is 0 Å². The first-order chi connectivity index (χ1) is 12.2. The second kappa shape index (κ2) is 6.68. The minimum atomic E-state index is 0.848. The maximum absolute atomic E-state index is 4.91. The second-order valence-electron chi connectivity index (χ2n) is 6.55. The van der Waals surface area contributed by atoms with Gasteiger partial charge in [-0.15, -0.1) is 0 Å². The molecular formula is C18H22N6O. The molecule has 1 aliphatic heterocycles. The summed E-state index contributed by atoms with van der Waals surface area (Å²) in [6.45, 7) is 4.86. The van der Waals surface area contributed by atoms with Gasteiger partial charge in [0, 0.05) is 64.0 Å². The fraction of sp³-hybridized carbons (Fsp3) is 0.389. The Labute approximate surface area is 146 Å². The molecule has 0 atom stereocenters. The van der Waals surface area contributed by atoms with E-state index in [0.29, 0.717) is 0 Å². The van der Waals surface area contributed by atoms with Crippen molar-refractivity contribution in [3.8, 4) is 0 Å². The first-order valence-corrected chi connectivity index (χ1v) is 8.49. The quantitative estimate of drug-likeness (QED) is 0.721. The van der Waals surface area contributed by atoms with Crippen molar-refractivity contribution >= 4 is 22.4 Å². The summed E-state index contributed by atoms with van der Waals surface area (Å²) in [7, 11) is 4.02.